The van der Waals surface area contributed by atoms with E-state index in [0.717, 1.165) is 28.0 Å². The van der Waals surface area contributed by atoms with Crippen molar-refractivity contribution in [1.82, 2.24) is 15.3 Å². The average molecular weight is 338 g/mol. The number of rotatable bonds is 4. The minimum Gasteiger partial charge on any atom is -0.338 e. The molecule has 128 valence electrons. The van der Waals surface area contributed by atoms with Crippen LogP contribution >= 0.6 is 0 Å². The second-order valence-electron chi connectivity index (χ2n) is 5.86. The molecule has 2 amide bonds. The van der Waals surface area contributed by atoms with Crippen LogP contribution in [0.1, 0.15) is 17.0 Å². The summed E-state index contributed by atoms with van der Waals surface area (Å²) in [7, 11) is 0. The van der Waals surface area contributed by atoms with Crippen molar-refractivity contribution in [1.29, 1.82) is 0 Å². The van der Waals surface area contributed by atoms with Gasteiger partial charge in [-0.2, -0.15) is 0 Å². The quantitative estimate of drug-likeness (QED) is 0.761. The van der Waals surface area contributed by atoms with E-state index in [2.05, 4.69) is 20.6 Å². The van der Waals surface area contributed by atoms with E-state index in [9.17, 15) is 9.18 Å². The number of hydrogen-bond acceptors (Lipinski definition) is 3. The highest BCUT2D eigenvalue weighted by molar-refractivity contribution is 5.91. The minimum atomic E-state index is -0.312. The Morgan fingerprint density at radius 1 is 1.04 bits per heavy atom. The lowest BCUT2D eigenvalue weighted by Gasteiger charge is -2.09. The number of halogens is 1. The predicted molar refractivity (Wildman–Crippen MR) is 96.1 cm³/mol. The largest absolute Gasteiger partial charge is 0.338 e. The van der Waals surface area contributed by atoms with Gasteiger partial charge in [0.15, 0.2) is 0 Å². The summed E-state index contributed by atoms with van der Waals surface area (Å²) in [5.41, 5.74) is 4.77. The fraction of sp³-hybridized carbons (Fsp3) is 0.211. The van der Waals surface area contributed by atoms with E-state index < -0.39 is 0 Å². The van der Waals surface area contributed by atoms with Gasteiger partial charge in [0.1, 0.15) is 5.82 Å². The molecule has 0 aliphatic heterocycles. The summed E-state index contributed by atoms with van der Waals surface area (Å²) in [6.45, 7) is 4.24. The van der Waals surface area contributed by atoms with Gasteiger partial charge in [0.25, 0.3) is 0 Å². The molecule has 0 bridgehead atoms. The van der Waals surface area contributed by atoms with Gasteiger partial charge in [-0.15, -0.1) is 0 Å². The number of fused-ring (bicyclic) bond motifs is 1. The van der Waals surface area contributed by atoms with Gasteiger partial charge in [0, 0.05) is 12.2 Å². The molecule has 3 aromatic rings. The maximum atomic E-state index is 13.1. The monoisotopic (exact) mass is 338 g/mol. The minimum absolute atomic E-state index is 0.273. The molecule has 0 saturated carbocycles. The fourth-order valence-corrected chi connectivity index (χ4v) is 2.50. The molecular formula is C19H19FN4O. The van der Waals surface area contributed by atoms with E-state index in [4.69, 9.17) is 0 Å². The highest BCUT2D eigenvalue weighted by Crippen LogP contribution is 2.17. The van der Waals surface area contributed by atoms with Gasteiger partial charge in [-0.3, -0.25) is 0 Å². The molecule has 25 heavy (non-hydrogen) atoms. The van der Waals surface area contributed by atoms with Crippen molar-refractivity contribution in [3.63, 3.8) is 0 Å². The van der Waals surface area contributed by atoms with Gasteiger partial charge in [-0.25, -0.2) is 19.2 Å². The Labute approximate surface area is 145 Å². The zero-order valence-electron chi connectivity index (χ0n) is 14.1. The third-order valence-electron chi connectivity index (χ3n) is 3.92. The summed E-state index contributed by atoms with van der Waals surface area (Å²) in [4.78, 5) is 20.9. The van der Waals surface area contributed by atoms with E-state index in [1.807, 2.05) is 26.0 Å². The average Bonchev–Trinajstić information content (AvgIpc) is 2.56. The third-order valence-corrected chi connectivity index (χ3v) is 3.92. The second kappa shape index (κ2) is 7.25. The van der Waals surface area contributed by atoms with Crippen molar-refractivity contribution in [2.75, 3.05) is 11.9 Å². The molecule has 0 aliphatic carbocycles. The molecule has 0 atom stereocenters. The first-order valence-electron chi connectivity index (χ1n) is 8.05. The van der Waals surface area contributed by atoms with Crippen LogP contribution in [-0.4, -0.2) is 22.5 Å². The number of aryl methyl sites for hydroxylation is 2. The molecule has 0 aliphatic rings. The standard InChI is InChI=1S/C19H19FN4O/c1-12-13(2)23-18-11-16(6-7-17(18)22-12)24-19(25)21-9-8-14-4-3-5-15(20)10-14/h3-7,10-11H,8-9H2,1-2H3,(H2,21,24,25). The summed E-state index contributed by atoms with van der Waals surface area (Å²) in [5, 5.41) is 5.53. The van der Waals surface area contributed by atoms with Gasteiger partial charge in [-0.05, 0) is 56.2 Å². The Bertz CT molecular complexity index is 926. The molecule has 2 aromatic carbocycles. The van der Waals surface area contributed by atoms with Crippen LogP contribution in [0.5, 0.6) is 0 Å². The Kier molecular flexibility index (Phi) is 4.88. The fourth-order valence-electron chi connectivity index (χ4n) is 2.50. The molecule has 0 spiro atoms. The summed E-state index contributed by atoms with van der Waals surface area (Å²) in [6, 6.07) is 11.4. The van der Waals surface area contributed by atoms with Crippen LogP contribution in [0.3, 0.4) is 0 Å². The topological polar surface area (TPSA) is 66.9 Å². The number of benzene rings is 2. The van der Waals surface area contributed by atoms with E-state index >= 15 is 0 Å². The molecule has 0 radical (unpaired) electrons. The van der Waals surface area contributed by atoms with E-state index in [1.54, 1.807) is 18.2 Å². The molecule has 1 aromatic heterocycles. The van der Waals surface area contributed by atoms with Crippen LogP contribution < -0.4 is 10.6 Å². The Balaban J connectivity index is 1.59. The first kappa shape index (κ1) is 16.8. The van der Waals surface area contributed by atoms with Crippen molar-refractivity contribution < 1.29 is 9.18 Å². The lowest BCUT2D eigenvalue weighted by molar-refractivity contribution is 0.252. The van der Waals surface area contributed by atoms with Gasteiger partial charge < -0.3 is 10.6 Å². The molecule has 0 unspecified atom stereocenters. The van der Waals surface area contributed by atoms with Gasteiger partial charge in [0.05, 0.1) is 22.4 Å². The molecular weight excluding hydrogens is 319 g/mol. The number of nitrogens with zero attached hydrogens (tertiary/aromatic N) is 2. The molecule has 1 heterocycles. The lowest BCUT2D eigenvalue weighted by Crippen LogP contribution is -2.30. The van der Waals surface area contributed by atoms with Crippen molar-refractivity contribution in [3.05, 3.63) is 65.2 Å². The van der Waals surface area contributed by atoms with Crippen molar-refractivity contribution in [3.8, 4) is 0 Å². The molecule has 2 N–H and O–H groups in total. The normalized spacial score (nSPS) is 10.7. The number of urea groups is 1. The highest BCUT2D eigenvalue weighted by atomic mass is 19.1. The van der Waals surface area contributed by atoms with Crippen molar-refractivity contribution in [2.24, 2.45) is 0 Å². The lowest BCUT2D eigenvalue weighted by atomic mass is 10.1. The number of anilines is 1. The first-order chi connectivity index (χ1) is 12.0. The summed E-state index contributed by atoms with van der Waals surface area (Å²) >= 11 is 0. The number of carbonyl (C=O) groups excluding carboxylic acids is 1. The number of amides is 2. The zero-order chi connectivity index (χ0) is 17.8. The van der Waals surface area contributed by atoms with Gasteiger partial charge in [-0.1, -0.05) is 12.1 Å². The van der Waals surface area contributed by atoms with Crippen LogP contribution in [-0.2, 0) is 6.42 Å². The number of carbonyl (C=O) groups is 1. The second-order valence-corrected chi connectivity index (χ2v) is 5.86. The SMILES string of the molecule is Cc1nc2ccc(NC(=O)NCCc3cccc(F)c3)cc2nc1C. The summed E-state index contributed by atoms with van der Waals surface area (Å²) in [6.07, 6.45) is 0.562. The smallest absolute Gasteiger partial charge is 0.319 e. The third kappa shape index (κ3) is 4.29. The zero-order valence-corrected chi connectivity index (χ0v) is 14.1. The van der Waals surface area contributed by atoms with Crippen LogP contribution in [0.15, 0.2) is 42.5 Å². The molecule has 3 rings (SSSR count). The van der Waals surface area contributed by atoms with E-state index in [0.29, 0.717) is 18.7 Å². The Hall–Kier alpha value is -3.02. The Morgan fingerprint density at radius 3 is 2.56 bits per heavy atom. The van der Waals surface area contributed by atoms with Crippen molar-refractivity contribution >= 4 is 22.8 Å². The molecule has 6 heteroatoms. The molecule has 0 fully saturated rings. The maximum absolute atomic E-state index is 13.1. The molecule has 0 saturated heterocycles. The summed E-state index contributed by atoms with van der Waals surface area (Å²) in [5.74, 6) is -0.273. The maximum Gasteiger partial charge on any atom is 0.319 e. The molecule has 5 nitrogen and oxygen atoms in total. The number of hydrogen-bond donors (Lipinski definition) is 2. The number of nitrogens with one attached hydrogen (secondary N) is 2. The van der Waals surface area contributed by atoms with Crippen LogP contribution in [0.4, 0.5) is 14.9 Å². The predicted octanol–water partition coefficient (Wildman–Crippen LogP) is 3.75. The van der Waals surface area contributed by atoms with Gasteiger partial charge in [0.2, 0.25) is 0 Å². The summed E-state index contributed by atoms with van der Waals surface area (Å²) < 4.78 is 13.1. The highest BCUT2D eigenvalue weighted by Gasteiger charge is 2.06. The number of aromatic nitrogens is 2. The van der Waals surface area contributed by atoms with E-state index in [1.165, 1.54) is 12.1 Å². The van der Waals surface area contributed by atoms with Crippen LogP contribution in [0.2, 0.25) is 0 Å². The van der Waals surface area contributed by atoms with Gasteiger partial charge >= 0.3 is 6.03 Å². The first-order valence-corrected chi connectivity index (χ1v) is 8.05. The van der Waals surface area contributed by atoms with Crippen molar-refractivity contribution in [2.45, 2.75) is 20.3 Å². The van der Waals surface area contributed by atoms with Crippen LogP contribution in [0.25, 0.3) is 11.0 Å². The van der Waals surface area contributed by atoms with E-state index in [-0.39, 0.29) is 11.8 Å². The Morgan fingerprint density at radius 2 is 1.80 bits per heavy atom. The van der Waals surface area contributed by atoms with Crippen LogP contribution in [0, 0.1) is 19.7 Å².